The number of hydrogen-bond acceptors (Lipinski definition) is 4. The third-order valence-electron chi connectivity index (χ3n) is 3.02. The van der Waals surface area contributed by atoms with E-state index >= 15 is 0 Å². The quantitative estimate of drug-likeness (QED) is 0.707. The summed E-state index contributed by atoms with van der Waals surface area (Å²) >= 11 is 0. The van der Waals surface area contributed by atoms with Crippen molar-refractivity contribution in [1.82, 2.24) is 9.88 Å². The molecule has 1 fully saturated rings. The van der Waals surface area contributed by atoms with Crippen molar-refractivity contribution < 1.29 is 5.11 Å². The molecule has 1 unspecified atom stereocenters. The van der Waals surface area contributed by atoms with E-state index < -0.39 is 5.60 Å². The van der Waals surface area contributed by atoms with Crippen molar-refractivity contribution in [3.63, 3.8) is 0 Å². The smallest absolute Gasteiger partial charge is 0.106 e. The summed E-state index contributed by atoms with van der Waals surface area (Å²) < 4.78 is 0. The third-order valence-corrected chi connectivity index (χ3v) is 3.02. The molecule has 1 aromatic heterocycles. The summed E-state index contributed by atoms with van der Waals surface area (Å²) in [5.74, 6) is 0. The molecule has 0 aliphatic carbocycles. The van der Waals surface area contributed by atoms with Gasteiger partial charge in [0.25, 0.3) is 0 Å². The Morgan fingerprint density at radius 2 is 2.40 bits per heavy atom. The minimum atomic E-state index is -0.828. The molecule has 0 amide bonds. The van der Waals surface area contributed by atoms with Crippen LogP contribution >= 0.6 is 0 Å². The van der Waals surface area contributed by atoms with Crippen molar-refractivity contribution in [2.75, 3.05) is 25.9 Å². The number of aromatic nitrogens is 1. The lowest BCUT2D eigenvalue weighted by atomic mass is 9.86. The molecule has 15 heavy (non-hydrogen) atoms. The topological polar surface area (TPSA) is 62.4 Å². The van der Waals surface area contributed by atoms with Gasteiger partial charge in [0.1, 0.15) is 5.60 Å². The number of anilines is 1. The SMILES string of the molecule is CN1CCCC(O)(c2cnccc2N)C1. The number of rotatable bonds is 1. The zero-order valence-electron chi connectivity index (χ0n) is 8.98. The fraction of sp³-hybridized carbons (Fsp3) is 0.545. The maximum Gasteiger partial charge on any atom is 0.106 e. The Balaban J connectivity index is 2.32. The first-order chi connectivity index (χ1) is 7.12. The molecule has 2 rings (SSSR count). The Kier molecular flexibility index (Phi) is 2.63. The van der Waals surface area contributed by atoms with Gasteiger partial charge in [-0.3, -0.25) is 4.98 Å². The first-order valence-electron chi connectivity index (χ1n) is 5.23. The largest absolute Gasteiger partial charge is 0.398 e. The maximum absolute atomic E-state index is 10.5. The molecule has 0 radical (unpaired) electrons. The van der Waals surface area contributed by atoms with Crippen LogP contribution in [-0.4, -0.2) is 35.1 Å². The van der Waals surface area contributed by atoms with E-state index in [1.165, 1.54) is 0 Å². The van der Waals surface area contributed by atoms with Crippen molar-refractivity contribution in [1.29, 1.82) is 0 Å². The van der Waals surface area contributed by atoms with E-state index in [-0.39, 0.29) is 0 Å². The Hall–Kier alpha value is -1.13. The van der Waals surface area contributed by atoms with Gasteiger partial charge in [0, 0.05) is 30.2 Å². The predicted octanol–water partition coefficient (Wildman–Crippen LogP) is 0.577. The molecule has 1 saturated heterocycles. The average Bonchev–Trinajstić information content (AvgIpc) is 2.17. The van der Waals surface area contributed by atoms with Gasteiger partial charge in [-0.05, 0) is 32.5 Å². The van der Waals surface area contributed by atoms with Crippen molar-refractivity contribution in [2.24, 2.45) is 0 Å². The van der Waals surface area contributed by atoms with E-state index in [0.29, 0.717) is 12.2 Å². The molecule has 0 bridgehead atoms. The minimum absolute atomic E-state index is 0.628. The predicted molar refractivity (Wildman–Crippen MR) is 59.3 cm³/mol. The van der Waals surface area contributed by atoms with Gasteiger partial charge in [0.05, 0.1) is 0 Å². The number of piperidine rings is 1. The van der Waals surface area contributed by atoms with Gasteiger partial charge in [-0.1, -0.05) is 0 Å². The minimum Gasteiger partial charge on any atom is -0.398 e. The summed E-state index contributed by atoms with van der Waals surface area (Å²) in [5.41, 5.74) is 6.42. The molecule has 1 aliphatic rings. The molecule has 1 aromatic rings. The van der Waals surface area contributed by atoms with Crippen LogP contribution in [0.25, 0.3) is 0 Å². The zero-order valence-corrected chi connectivity index (χ0v) is 8.98. The Morgan fingerprint density at radius 1 is 1.60 bits per heavy atom. The number of nitrogens with two attached hydrogens (primary N) is 1. The van der Waals surface area contributed by atoms with Gasteiger partial charge in [0.15, 0.2) is 0 Å². The first kappa shape index (κ1) is 10.4. The van der Waals surface area contributed by atoms with Gasteiger partial charge in [-0.15, -0.1) is 0 Å². The fourth-order valence-corrected chi connectivity index (χ4v) is 2.26. The van der Waals surface area contributed by atoms with Crippen LogP contribution in [0.2, 0.25) is 0 Å². The van der Waals surface area contributed by atoms with Crippen molar-refractivity contribution in [3.05, 3.63) is 24.0 Å². The molecule has 0 spiro atoms. The highest BCUT2D eigenvalue weighted by Gasteiger charge is 2.35. The standard InChI is InChI=1S/C11H17N3O/c1-14-6-2-4-11(15,8-14)9-7-13-5-3-10(9)12/h3,5,7,15H,2,4,6,8H2,1H3,(H2,12,13). The second-order valence-corrected chi connectivity index (χ2v) is 4.34. The average molecular weight is 207 g/mol. The van der Waals surface area contributed by atoms with Gasteiger partial charge < -0.3 is 15.7 Å². The van der Waals surface area contributed by atoms with E-state index in [2.05, 4.69) is 9.88 Å². The molecule has 2 heterocycles. The lowest BCUT2D eigenvalue weighted by Gasteiger charge is -2.38. The maximum atomic E-state index is 10.5. The number of β-amino-alcohol motifs (C(OH)–C–C–N with tert-alkyl or cyclic N) is 1. The number of hydrogen-bond donors (Lipinski definition) is 2. The van der Waals surface area contributed by atoms with Crippen LogP contribution in [0.4, 0.5) is 5.69 Å². The monoisotopic (exact) mass is 207 g/mol. The summed E-state index contributed by atoms with van der Waals surface area (Å²) in [5, 5.41) is 10.5. The number of pyridine rings is 1. The fourth-order valence-electron chi connectivity index (χ4n) is 2.26. The second kappa shape index (κ2) is 3.79. The van der Waals surface area contributed by atoms with Gasteiger partial charge in [-0.25, -0.2) is 0 Å². The lowest BCUT2D eigenvalue weighted by Crippen LogP contribution is -2.44. The van der Waals surface area contributed by atoms with Crippen LogP contribution in [0.1, 0.15) is 18.4 Å². The molecular formula is C11H17N3O. The number of likely N-dealkylation sites (N-methyl/N-ethyl adjacent to an activating group) is 1. The van der Waals surface area contributed by atoms with Gasteiger partial charge in [0.2, 0.25) is 0 Å². The molecule has 4 heteroatoms. The summed E-state index contributed by atoms with van der Waals surface area (Å²) in [6.45, 7) is 1.66. The van der Waals surface area contributed by atoms with E-state index in [4.69, 9.17) is 5.73 Å². The summed E-state index contributed by atoms with van der Waals surface area (Å²) in [4.78, 5) is 6.15. The van der Waals surface area contributed by atoms with Crippen LogP contribution in [0.5, 0.6) is 0 Å². The van der Waals surface area contributed by atoms with E-state index in [1.54, 1.807) is 18.5 Å². The van der Waals surface area contributed by atoms with Crippen molar-refractivity contribution in [2.45, 2.75) is 18.4 Å². The zero-order chi connectivity index (χ0) is 10.9. The Labute approximate surface area is 89.7 Å². The van der Waals surface area contributed by atoms with Crippen LogP contribution in [-0.2, 0) is 5.60 Å². The molecule has 0 aromatic carbocycles. The third kappa shape index (κ3) is 1.96. The van der Waals surface area contributed by atoms with E-state index in [0.717, 1.165) is 24.9 Å². The molecular weight excluding hydrogens is 190 g/mol. The highest BCUT2D eigenvalue weighted by Crippen LogP contribution is 2.33. The Morgan fingerprint density at radius 3 is 3.07 bits per heavy atom. The molecule has 3 N–H and O–H groups in total. The van der Waals surface area contributed by atoms with Crippen molar-refractivity contribution in [3.8, 4) is 0 Å². The number of likely N-dealkylation sites (tertiary alicyclic amines) is 1. The normalized spacial score (nSPS) is 27.9. The van der Waals surface area contributed by atoms with Crippen LogP contribution in [0.3, 0.4) is 0 Å². The molecule has 82 valence electrons. The van der Waals surface area contributed by atoms with E-state index in [9.17, 15) is 5.11 Å². The van der Waals surface area contributed by atoms with Crippen molar-refractivity contribution >= 4 is 5.69 Å². The number of nitrogen functional groups attached to an aromatic ring is 1. The van der Waals surface area contributed by atoms with Gasteiger partial charge in [-0.2, -0.15) is 0 Å². The second-order valence-electron chi connectivity index (χ2n) is 4.34. The summed E-state index contributed by atoms with van der Waals surface area (Å²) in [6.07, 6.45) is 5.07. The highest BCUT2D eigenvalue weighted by molar-refractivity contribution is 5.48. The van der Waals surface area contributed by atoms with Crippen LogP contribution in [0, 0.1) is 0 Å². The molecule has 1 atom stereocenters. The van der Waals surface area contributed by atoms with Gasteiger partial charge >= 0.3 is 0 Å². The van der Waals surface area contributed by atoms with Crippen LogP contribution < -0.4 is 5.73 Å². The first-order valence-corrected chi connectivity index (χ1v) is 5.23. The molecule has 1 aliphatic heterocycles. The Bertz CT molecular complexity index is 355. The van der Waals surface area contributed by atoms with Crippen LogP contribution in [0.15, 0.2) is 18.5 Å². The summed E-state index contributed by atoms with van der Waals surface area (Å²) in [6, 6.07) is 1.74. The molecule has 0 saturated carbocycles. The lowest BCUT2D eigenvalue weighted by molar-refractivity contribution is -0.0274. The highest BCUT2D eigenvalue weighted by atomic mass is 16.3. The summed E-state index contributed by atoms with van der Waals surface area (Å²) in [7, 11) is 2.01. The number of aliphatic hydroxyl groups is 1. The van der Waals surface area contributed by atoms with E-state index in [1.807, 2.05) is 7.05 Å². The number of nitrogens with zero attached hydrogens (tertiary/aromatic N) is 2. The molecule has 4 nitrogen and oxygen atoms in total.